The number of allylic oxidation sites excluding steroid dienone is 2. The average molecular weight is 446 g/mol. The summed E-state index contributed by atoms with van der Waals surface area (Å²) < 4.78 is 0. The van der Waals surface area contributed by atoms with Crippen LogP contribution in [0.15, 0.2) is 12.2 Å². The number of carboxylic acid groups (broad SMARTS) is 2. The molecule has 3 fully saturated rings. The molecule has 2 N–H and O–H groups in total. The third-order valence-corrected chi connectivity index (χ3v) is 7.40. The van der Waals surface area contributed by atoms with Gasteiger partial charge in [-0.15, -0.1) is 0 Å². The van der Waals surface area contributed by atoms with Crippen molar-refractivity contribution in [2.45, 2.75) is 39.8 Å². The van der Waals surface area contributed by atoms with Crippen LogP contribution in [0.25, 0.3) is 0 Å². The second kappa shape index (κ2) is 7.25. The molecule has 10 heteroatoms. The summed E-state index contributed by atoms with van der Waals surface area (Å²) in [6.07, 6.45) is 3.32. The molecule has 2 saturated heterocycles. The Kier molecular flexibility index (Phi) is 5.02. The zero-order valence-electron chi connectivity index (χ0n) is 18.2. The molecule has 0 aromatic heterocycles. The van der Waals surface area contributed by atoms with E-state index in [0.717, 1.165) is 9.80 Å². The molecule has 0 aromatic carbocycles. The molecule has 172 valence electrons. The fraction of sp³-hybridized carbons (Fsp3) is 0.636. The predicted molar refractivity (Wildman–Crippen MR) is 106 cm³/mol. The molecule has 2 unspecified atom stereocenters. The monoisotopic (exact) mass is 446 g/mol. The van der Waals surface area contributed by atoms with Crippen molar-refractivity contribution in [2.75, 3.05) is 0 Å². The van der Waals surface area contributed by atoms with Crippen molar-refractivity contribution in [3.05, 3.63) is 12.2 Å². The molecular formula is C22H26N2O8. The molecule has 1 saturated carbocycles. The molecule has 8 atom stereocenters. The number of carbonyl (C=O) groups excluding carboxylic acids is 4. The van der Waals surface area contributed by atoms with E-state index in [4.69, 9.17) is 0 Å². The SMILES string of the molecule is CC(C)[C@@H](C(=O)O)N1C(=O)[C@@H]2C3C=CC([C@@H]2C1=O)[C@@H]1C(=O)N([C@@H](C(=O)O)C(C)C)C(=O)[C@H]31. The molecule has 0 spiro atoms. The van der Waals surface area contributed by atoms with Gasteiger partial charge in [-0.2, -0.15) is 0 Å². The van der Waals surface area contributed by atoms with E-state index in [0.29, 0.717) is 0 Å². The Bertz CT molecular complexity index is 849. The lowest BCUT2D eigenvalue weighted by atomic mass is 9.54. The lowest BCUT2D eigenvalue weighted by molar-refractivity contribution is -0.158. The van der Waals surface area contributed by atoms with E-state index >= 15 is 0 Å². The van der Waals surface area contributed by atoms with E-state index in [1.807, 2.05) is 0 Å². The lowest BCUT2D eigenvalue weighted by Crippen LogP contribution is -2.50. The molecule has 4 amide bonds. The fourth-order valence-corrected chi connectivity index (χ4v) is 6.21. The van der Waals surface area contributed by atoms with Gasteiger partial charge in [-0.3, -0.25) is 29.0 Å². The minimum atomic E-state index is -1.33. The predicted octanol–water partition coefficient (Wildman–Crippen LogP) is 0.223. The van der Waals surface area contributed by atoms with Crippen molar-refractivity contribution in [2.24, 2.45) is 47.3 Å². The Balaban J connectivity index is 1.75. The molecule has 0 radical (unpaired) electrons. The van der Waals surface area contributed by atoms with Crippen molar-refractivity contribution in [3.8, 4) is 0 Å². The second-order valence-corrected chi connectivity index (χ2v) is 9.79. The average Bonchev–Trinajstić information content (AvgIpc) is 3.11. The van der Waals surface area contributed by atoms with Crippen LogP contribution in [-0.4, -0.2) is 67.7 Å². The zero-order chi connectivity index (χ0) is 23.8. The Morgan fingerprint density at radius 2 is 0.906 bits per heavy atom. The maximum atomic E-state index is 13.3. The van der Waals surface area contributed by atoms with Crippen LogP contribution in [0.1, 0.15) is 27.7 Å². The van der Waals surface area contributed by atoms with Crippen LogP contribution < -0.4 is 0 Å². The zero-order valence-corrected chi connectivity index (χ0v) is 18.2. The van der Waals surface area contributed by atoms with Gasteiger partial charge in [-0.1, -0.05) is 39.8 Å². The third-order valence-electron chi connectivity index (χ3n) is 7.40. The Labute approximate surface area is 184 Å². The summed E-state index contributed by atoms with van der Waals surface area (Å²) in [5, 5.41) is 19.3. The summed E-state index contributed by atoms with van der Waals surface area (Å²) in [5.74, 6) is -11.4. The van der Waals surface area contributed by atoms with E-state index < -0.39 is 95.0 Å². The van der Waals surface area contributed by atoms with Gasteiger partial charge in [0.15, 0.2) is 0 Å². The van der Waals surface area contributed by atoms with Crippen molar-refractivity contribution < 1.29 is 39.0 Å². The minimum absolute atomic E-state index is 0.521. The molecule has 5 aliphatic rings. The number of carboxylic acids is 2. The number of likely N-dealkylation sites (tertiary alicyclic amines) is 2. The van der Waals surface area contributed by atoms with Crippen LogP contribution >= 0.6 is 0 Å². The van der Waals surface area contributed by atoms with E-state index in [1.54, 1.807) is 39.8 Å². The van der Waals surface area contributed by atoms with Gasteiger partial charge in [0.1, 0.15) is 12.1 Å². The summed E-state index contributed by atoms with van der Waals surface area (Å²) in [4.78, 5) is 78.5. The highest BCUT2D eigenvalue weighted by molar-refractivity contribution is 6.13. The van der Waals surface area contributed by atoms with Crippen LogP contribution in [0, 0.1) is 47.3 Å². The number of carbonyl (C=O) groups is 6. The normalized spacial score (nSPS) is 35.1. The van der Waals surface area contributed by atoms with Gasteiger partial charge in [-0.05, 0) is 11.8 Å². The highest BCUT2D eigenvalue weighted by Crippen LogP contribution is 2.58. The number of aliphatic carboxylic acids is 2. The number of hydrogen-bond donors (Lipinski definition) is 2. The molecule has 0 aromatic rings. The van der Waals surface area contributed by atoms with E-state index in [9.17, 15) is 39.0 Å². The number of rotatable bonds is 6. The highest BCUT2D eigenvalue weighted by atomic mass is 16.4. The summed E-state index contributed by atoms with van der Waals surface area (Å²) in [6, 6.07) is -2.67. The van der Waals surface area contributed by atoms with E-state index in [-0.39, 0.29) is 0 Å². The van der Waals surface area contributed by atoms with Crippen molar-refractivity contribution in [3.63, 3.8) is 0 Å². The molecular weight excluding hydrogens is 420 g/mol. The van der Waals surface area contributed by atoms with Crippen molar-refractivity contribution >= 4 is 35.6 Å². The molecule has 2 aliphatic heterocycles. The Hall–Kier alpha value is -3.04. The van der Waals surface area contributed by atoms with Crippen LogP contribution in [0.5, 0.6) is 0 Å². The first-order chi connectivity index (χ1) is 14.9. The second-order valence-electron chi connectivity index (χ2n) is 9.79. The fourth-order valence-electron chi connectivity index (χ4n) is 6.21. The number of hydrogen-bond acceptors (Lipinski definition) is 6. The smallest absolute Gasteiger partial charge is 0.327 e. The lowest BCUT2D eigenvalue weighted by Gasteiger charge is -2.44. The Morgan fingerprint density at radius 3 is 1.09 bits per heavy atom. The van der Waals surface area contributed by atoms with Crippen LogP contribution in [0.2, 0.25) is 0 Å². The first kappa shape index (κ1) is 22.2. The highest BCUT2D eigenvalue weighted by Gasteiger charge is 2.70. The van der Waals surface area contributed by atoms with Crippen molar-refractivity contribution in [1.29, 1.82) is 0 Å². The van der Waals surface area contributed by atoms with Crippen molar-refractivity contribution in [1.82, 2.24) is 9.80 Å². The molecule has 32 heavy (non-hydrogen) atoms. The number of nitrogens with zero attached hydrogens (tertiary/aromatic N) is 2. The summed E-state index contributed by atoms with van der Waals surface area (Å²) in [5.41, 5.74) is 0. The minimum Gasteiger partial charge on any atom is -0.480 e. The first-order valence-electron chi connectivity index (χ1n) is 10.8. The molecule has 10 nitrogen and oxygen atoms in total. The molecule has 2 heterocycles. The standard InChI is InChI=1S/C22H26N2O8/c1-7(2)15(21(29)30)23-17(25)11-9-5-6-10(12(11)18(23)26)14-13(9)19(27)24(20(14)28)16(8(3)4)22(31)32/h5-16H,1-4H3,(H,29,30)(H,31,32)/t9?,10?,11-,12+,13-,14+,15-,16+. The summed E-state index contributed by atoms with van der Waals surface area (Å²) in [6.45, 7) is 6.41. The Morgan fingerprint density at radius 1 is 0.656 bits per heavy atom. The van der Waals surface area contributed by atoms with E-state index in [2.05, 4.69) is 0 Å². The van der Waals surface area contributed by atoms with Crippen LogP contribution in [0.3, 0.4) is 0 Å². The maximum Gasteiger partial charge on any atom is 0.327 e. The van der Waals surface area contributed by atoms with Gasteiger partial charge < -0.3 is 10.2 Å². The summed E-state index contributed by atoms with van der Waals surface area (Å²) >= 11 is 0. The van der Waals surface area contributed by atoms with Gasteiger partial charge in [0, 0.05) is 11.8 Å². The van der Waals surface area contributed by atoms with Gasteiger partial charge in [0.05, 0.1) is 23.7 Å². The number of imide groups is 2. The van der Waals surface area contributed by atoms with Gasteiger partial charge in [0.25, 0.3) is 0 Å². The first-order valence-corrected chi connectivity index (χ1v) is 10.8. The van der Waals surface area contributed by atoms with Gasteiger partial charge >= 0.3 is 11.9 Å². The molecule has 5 rings (SSSR count). The third kappa shape index (κ3) is 2.70. The maximum absolute atomic E-state index is 13.3. The topological polar surface area (TPSA) is 149 Å². The molecule has 3 aliphatic carbocycles. The van der Waals surface area contributed by atoms with Gasteiger partial charge in [-0.25, -0.2) is 9.59 Å². The van der Waals surface area contributed by atoms with Crippen LogP contribution in [-0.2, 0) is 28.8 Å². The van der Waals surface area contributed by atoms with Gasteiger partial charge in [0.2, 0.25) is 23.6 Å². The van der Waals surface area contributed by atoms with E-state index in [1.165, 1.54) is 0 Å². The quantitative estimate of drug-likeness (QED) is 0.435. The number of amides is 4. The van der Waals surface area contributed by atoms with Crippen LogP contribution in [0.4, 0.5) is 0 Å². The molecule has 2 bridgehead atoms. The largest absolute Gasteiger partial charge is 0.480 e. The summed E-state index contributed by atoms with van der Waals surface area (Å²) in [7, 11) is 0.